The minimum absolute atomic E-state index is 0.0768. The van der Waals surface area contributed by atoms with Crippen molar-refractivity contribution in [1.29, 1.82) is 0 Å². The fraction of sp³-hybridized carbons (Fsp3) is 0.474. The van der Waals surface area contributed by atoms with E-state index in [-0.39, 0.29) is 11.6 Å². The molecule has 0 bridgehead atoms. The van der Waals surface area contributed by atoms with E-state index in [1.165, 1.54) is 0 Å². The second-order valence-corrected chi connectivity index (χ2v) is 6.42. The molecule has 1 aliphatic heterocycles. The SMILES string of the molecule is C[C@@H](Nc1nc(CCCN2CCOCC2)cc(=O)[nH]1)c1ccccc1. The Morgan fingerprint density at radius 1 is 1.28 bits per heavy atom. The molecule has 1 aromatic heterocycles. The highest BCUT2D eigenvalue weighted by atomic mass is 16.5. The zero-order valence-corrected chi connectivity index (χ0v) is 14.7. The lowest BCUT2D eigenvalue weighted by Gasteiger charge is -2.26. The minimum atomic E-state index is -0.112. The summed E-state index contributed by atoms with van der Waals surface area (Å²) in [5.74, 6) is 0.533. The van der Waals surface area contributed by atoms with Crippen LogP contribution in [0.3, 0.4) is 0 Å². The molecule has 134 valence electrons. The van der Waals surface area contributed by atoms with Gasteiger partial charge in [0, 0.05) is 24.8 Å². The number of aromatic amines is 1. The Hall–Kier alpha value is -2.18. The van der Waals surface area contributed by atoms with Crippen LogP contribution in [0.25, 0.3) is 0 Å². The zero-order valence-electron chi connectivity index (χ0n) is 14.7. The van der Waals surface area contributed by atoms with E-state index in [0.29, 0.717) is 5.95 Å². The molecule has 0 spiro atoms. The maximum atomic E-state index is 11.9. The van der Waals surface area contributed by atoms with E-state index in [2.05, 4.69) is 39.2 Å². The van der Waals surface area contributed by atoms with Gasteiger partial charge in [0.15, 0.2) is 0 Å². The van der Waals surface area contributed by atoms with Crippen molar-refractivity contribution in [3.63, 3.8) is 0 Å². The van der Waals surface area contributed by atoms with E-state index in [1.807, 2.05) is 18.2 Å². The Balaban J connectivity index is 1.57. The molecule has 1 fully saturated rings. The first-order valence-corrected chi connectivity index (χ1v) is 8.92. The molecule has 0 aliphatic carbocycles. The van der Waals surface area contributed by atoms with Gasteiger partial charge in [-0.15, -0.1) is 0 Å². The van der Waals surface area contributed by atoms with E-state index in [1.54, 1.807) is 6.07 Å². The number of H-pyrrole nitrogens is 1. The van der Waals surface area contributed by atoms with Gasteiger partial charge in [-0.05, 0) is 31.9 Å². The first kappa shape index (κ1) is 17.6. The smallest absolute Gasteiger partial charge is 0.252 e. The van der Waals surface area contributed by atoms with Crippen molar-refractivity contribution >= 4 is 5.95 Å². The molecule has 0 radical (unpaired) electrons. The molecule has 25 heavy (non-hydrogen) atoms. The van der Waals surface area contributed by atoms with Gasteiger partial charge in [-0.2, -0.15) is 0 Å². The normalized spacial score (nSPS) is 16.5. The van der Waals surface area contributed by atoms with Crippen LogP contribution in [0.15, 0.2) is 41.2 Å². The molecule has 0 amide bonds. The van der Waals surface area contributed by atoms with Crippen molar-refractivity contribution in [2.75, 3.05) is 38.2 Å². The van der Waals surface area contributed by atoms with Crippen molar-refractivity contribution in [1.82, 2.24) is 14.9 Å². The van der Waals surface area contributed by atoms with Crippen LogP contribution in [-0.4, -0.2) is 47.7 Å². The van der Waals surface area contributed by atoms with Crippen molar-refractivity contribution in [3.8, 4) is 0 Å². The average molecular weight is 342 g/mol. The van der Waals surface area contributed by atoms with Crippen LogP contribution in [0.5, 0.6) is 0 Å². The number of aryl methyl sites for hydroxylation is 1. The fourth-order valence-corrected chi connectivity index (χ4v) is 3.04. The topological polar surface area (TPSA) is 70.2 Å². The summed E-state index contributed by atoms with van der Waals surface area (Å²) in [6, 6.07) is 11.8. The van der Waals surface area contributed by atoms with Gasteiger partial charge in [0.05, 0.1) is 19.3 Å². The molecule has 2 aromatic rings. The molecular weight excluding hydrogens is 316 g/mol. The number of nitrogens with one attached hydrogen (secondary N) is 2. The van der Waals surface area contributed by atoms with Crippen molar-refractivity contribution in [3.05, 3.63) is 58.0 Å². The average Bonchev–Trinajstić information content (AvgIpc) is 2.63. The van der Waals surface area contributed by atoms with Gasteiger partial charge in [0.1, 0.15) is 0 Å². The summed E-state index contributed by atoms with van der Waals surface area (Å²) in [6.07, 6.45) is 1.79. The number of rotatable bonds is 7. The molecule has 0 unspecified atom stereocenters. The third kappa shape index (κ3) is 5.41. The fourth-order valence-electron chi connectivity index (χ4n) is 3.04. The maximum absolute atomic E-state index is 11.9. The van der Waals surface area contributed by atoms with Gasteiger partial charge in [-0.1, -0.05) is 30.3 Å². The first-order chi connectivity index (χ1) is 12.2. The molecule has 0 saturated carbocycles. The zero-order chi connectivity index (χ0) is 17.5. The van der Waals surface area contributed by atoms with Gasteiger partial charge in [0.25, 0.3) is 5.56 Å². The number of nitrogens with zero attached hydrogens (tertiary/aromatic N) is 2. The summed E-state index contributed by atoms with van der Waals surface area (Å²) in [5.41, 5.74) is 1.88. The second-order valence-electron chi connectivity index (χ2n) is 6.42. The van der Waals surface area contributed by atoms with Crippen LogP contribution >= 0.6 is 0 Å². The Labute approximate surface area is 148 Å². The molecular formula is C19H26N4O2. The van der Waals surface area contributed by atoms with Gasteiger partial charge in [-0.3, -0.25) is 14.7 Å². The lowest BCUT2D eigenvalue weighted by Crippen LogP contribution is -2.37. The number of benzene rings is 1. The van der Waals surface area contributed by atoms with Gasteiger partial charge >= 0.3 is 0 Å². The Morgan fingerprint density at radius 3 is 2.80 bits per heavy atom. The summed E-state index contributed by atoms with van der Waals surface area (Å²) in [7, 11) is 0. The quantitative estimate of drug-likeness (QED) is 0.807. The summed E-state index contributed by atoms with van der Waals surface area (Å²) < 4.78 is 5.36. The molecule has 3 rings (SSSR count). The Bertz CT molecular complexity index is 711. The monoisotopic (exact) mass is 342 g/mol. The van der Waals surface area contributed by atoms with E-state index >= 15 is 0 Å². The number of hydrogen-bond donors (Lipinski definition) is 2. The van der Waals surface area contributed by atoms with Gasteiger partial charge < -0.3 is 10.1 Å². The van der Waals surface area contributed by atoms with Crippen molar-refractivity contribution in [2.24, 2.45) is 0 Å². The lowest BCUT2D eigenvalue weighted by molar-refractivity contribution is 0.0374. The van der Waals surface area contributed by atoms with Crippen LogP contribution in [-0.2, 0) is 11.2 Å². The molecule has 6 heteroatoms. The summed E-state index contributed by atoms with van der Waals surface area (Å²) in [4.78, 5) is 21.7. The van der Waals surface area contributed by atoms with E-state index < -0.39 is 0 Å². The predicted molar refractivity (Wildman–Crippen MR) is 98.9 cm³/mol. The van der Waals surface area contributed by atoms with Crippen molar-refractivity contribution in [2.45, 2.75) is 25.8 Å². The van der Waals surface area contributed by atoms with Crippen molar-refractivity contribution < 1.29 is 4.74 Å². The van der Waals surface area contributed by atoms with E-state index in [0.717, 1.165) is 56.9 Å². The van der Waals surface area contributed by atoms with Gasteiger partial charge in [0.2, 0.25) is 5.95 Å². The van der Waals surface area contributed by atoms with E-state index in [4.69, 9.17) is 4.74 Å². The van der Waals surface area contributed by atoms with Crippen LogP contribution in [0.1, 0.15) is 30.6 Å². The molecule has 1 saturated heterocycles. The Kier molecular flexibility index (Phi) is 6.19. The molecule has 6 nitrogen and oxygen atoms in total. The summed E-state index contributed by atoms with van der Waals surface area (Å²) in [5, 5.41) is 3.29. The molecule has 2 N–H and O–H groups in total. The standard InChI is InChI=1S/C19H26N4O2/c1-15(16-6-3-2-4-7-16)20-19-21-17(14-18(24)22-19)8-5-9-23-10-12-25-13-11-23/h2-4,6-7,14-15H,5,8-13H2,1H3,(H2,20,21,22,24)/t15-/m1/s1. The highest BCUT2D eigenvalue weighted by molar-refractivity contribution is 5.31. The number of ether oxygens (including phenoxy) is 1. The number of hydrogen-bond acceptors (Lipinski definition) is 5. The van der Waals surface area contributed by atoms with Crippen LogP contribution in [0.2, 0.25) is 0 Å². The lowest BCUT2D eigenvalue weighted by atomic mass is 10.1. The Morgan fingerprint density at radius 2 is 2.04 bits per heavy atom. The molecule has 1 aliphatic rings. The van der Waals surface area contributed by atoms with E-state index in [9.17, 15) is 4.79 Å². The highest BCUT2D eigenvalue weighted by Crippen LogP contribution is 2.15. The van der Waals surface area contributed by atoms with Crippen LogP contribution < -0.4 is 10.9 Å². The predicted octanol–water partition coefficient (Wildman–Crippen LogP) is 2.21. The number of anilines is 1. The maximum Gasteiger partial charge on any atom is 0.252 e. The summed E-state index contributed by atoms with van der Waals surface area (Å²) in [6.45, 7) is 6.68. The minimum Gasteiger partial charge on any atom is -0.379 e. The van der Waals surface area contributed by atoms with Crippen LogP contribution in [0.4, 0.5) is 5.95 Å². The number of morpholine rings is 1. The second kappa shape index (κ2) is 8.78. The third-order valence-corrected chi connectivity index (χ3v) is 4.46. The summed E-state index contributed by atoms with van der Waals surface area (Å²) >= 11 is 0. The van der Waals surface area contributed by atoms with Gasteiger partial charge in [-0.25, -0.2) is 4.98 Å². The largest absolute Gasteiger partial charge is 0.379 e. The molecule has 1 aromatic carbocycles. The van der Waals surface area contributed by atoms with Crippen LogP contribution in [0, 0.1) is 0 Å². The molecule has 1 atom stereocenters. The molecule has 2 heterocycles. The number of aromatic nitrogens is 2. The third-order valence-electron chi connectivity index (χ3n) is 4.46. The highest BCUT2D eigenvalue weighted by Gasteiger charge is 2.11. The first-order valence-electron chi connectivity index (χ1n) is 8.92.